The maximum atomic E-state index is 6.02. The number of hydrogen-bond donors (Lipinski definition) is 2. The van der Waals surface area contributed by atoms with Gasteiger partial charge in [0.25, 0.3) is 0 Å². The van der Waals surface area contributed by atoms with Gasteiger partial charge in [-0.1, -0.05) is 0 Å². The Morgan fingerprint density at radius 2 is 1.82 bits per heavy atom. The summed E-state index contributed by atoms with van der Waals surface area (Å²) in [6, 6.07) is 15.9. The lowest BCUT2D eigenvalue weighted by atomic mass is 9.96. The Bertz CT molecular complexity index is 1050. The molecule has 142 valence electrons. The van der Waals surface area contributed by atoms with Crippen LogP contribution in [0.5, 0.6) is 11.5 Å². The number of ether oxygens (including phenoxy) is 2. The van der Waals surface area contributed by atoms with Gasteiger partial charge in [-0.05, 0) is 66.8 Å². The number of rotatable bonds is 5. The summed E-state index contributed by atoms with van der Waals surface area (Å²) < 4.78 is 11.5. The number of nitrogens with zero attached hydrogens (tertiary/aromatic N) is 2. The quantitative estimate of drug-likeness (QED) is 0.530. The number of nitrogens with one attached hydrogen (secondary N) is 2. The molecule has 6 heteroatoms. The highest BCUT2D eigenvalue weighted by Gasteiger charge is 2.16. The van der Waals surface area contributed by atoms with Crippen LogP contribution >= 0.6 is 0 Å². The average molecular weight is 374 g/mol. The summed E-state index contributed by atoms with van der Waals surface area (Å²) in [7, 11) is 0. The number of H-pyrrole nitrogens is 2. The van der Waals surface area contributed by atoms with Gasteiger partial charge in [-0.25, -0.2) is 4.98 Å². The van der Waals surface area contributed by atoms with Crippen molar-refractivity contribution in [2.45, 2.75) is 19.3 Å². The lowest BCUT2D eigenvalue weighted by Gasteiger charge is -2.20. The maximum absolute atomic E-state index is 6.02. The van der Waals surface area contributed by atoms with E-state index in [9.17, 15) is 0 Å². The molecule has 0 unspecified atom stereocenters. The minimum atomic E-state index is 0.651. The predicted octanol–water partition coefficient (Wildman–Crippen LogP) is 4.71. The van der Waals surface area contributed by atoms with Gasteiger partial charge in [0.2, 0.25) is 0 Å². The summed E-state index contributed by atoms with van der Waals surface area (Å²) in [5.41, 5.74) is 4.05. The summed E-state index contributed by atoms with van der Waals surface area (Å²) in [5.74, 6) is 3.27. The van der Waals surface area contributed by atoms with E-state index in [2.05, 4.69) is 15.2 Å². The highest BCUT2D eigenvalue weighted by Crippen LogP contribution is 2.28. The molecule has 2 aromatic carbocycles. The molecule has 0 aliphatic carbocycles. The van der Waals surface area contributed by atoms with Crippen LogP contribution in [0, 0.1) is 5.92 Å². The summed E-state index contributed by atoms with van der Waals surface area (Å²) in [6.07, 6.45) is 4.94. The van der Waals surface area contributed by atoms with Crippen LogP contribution in [0.4, 0.5) is 0 Å². The van der Waals surface area contributed by atoms with Crippen molar-refractivity contribution >= 4 is 11.0 Å². The van der Waals surface area contributed by atoms with Crippen LogP contribution in [-0.2, 0) is 11.2 Å². The van der Waals surface area contributed by atoms with Gasteiger partial charge in [0.15, 0.2) is 0 Å². The number of aromatic amines is 2. The van der Waals surface area contributed by atoms with Crippen molar-refractivity contribution in [1.82, 2.24) is 20.2 Å². The molecule has 6 nitrogen and oxygen atoms in total. The van der Waals surface area contributed by atoms with Gasteiger partial charge in [0, 0.05) is 31.9 Å². The van der Waals surface area contributed by atoms with Crippen molar-refractivity contribution in [1.29, 1.82) is 0 Å². The molecular weight excluding hydrogens is 352 g/mol. The van der Waals surface area contributed by atoms with Crippen LogP contribution in [0.3, 0.4) is 0 Å². The number of aromatic nitrogens is 4. The van der Waals surface area contributed by atoms with Crippen LogP contribution in [0.2, 0.25) is 0 Å². The number of fused-ring (bicyclic) bond motifs is 1. The topological polar surface area (TPSA) is 75.8 Å². The Morgan fingerprint density at radius 1 is 1.00 bits per heavy atom. The molecule has 1 aliphatic heterocycles. The van der Waals surface area contributed by atoms with E-state index in [1.165, 1.54) is 0 Å². The second kappa shape index (κ2) is 7.48. The van der Waals surface area contributed by atoms with E-state index in [4.69, 9.17) is 14.5 Å². The fourth-order valence-corrected chi connectivity index (χ4v) is 3.68. The van der Waals surface area contributed by atoms with Crippen LogP contribution < -0.4 is 4.74 Å². The third-order valence-electron chi connectivity index (χ3n) is 5.23. The molecule has 1 saturated heterocycles. The average Bonchev–Trinajstić information content (AvgIpc) is 3.39. The fourth-order valence-electron chi connectivity index (χ4n) is 3.68. The third kappa shape index (κ3) is 3.64. The fraction of sp³-hybridized carbons (Fsp3) is 0.273. The van der Waals surface area contributed by atoms with Gasteiger partial charge in [-0.2, -0.15) is 5.10 Å². The molecule has 0 radical (unpaired) electrons. The van der Waals surface area contributed by atoms with Crippen LogP contribution in [0.1, 0.15) is 18.7 Å². The molecule has 0 spiro atoms. The van der Waals surface area contributed by atoms with Crippen molar-refractivity contribution < 1.29 is 9.47 Å². The van der Waals surface area contributed by atoms with Crippen LogP contribution in [0.25, 0.3) is 22.3 Å². The summed E-state index contributed by atoms with van der Waals surface area (Å²) >= 11 is 0. The van der Waals surface area contributed by atoms with E-state index in [0.717, 1.165) is 72.1 Å². The second-order valence-electron chi connectivity index (χ2n) is 7.22. The molecule has 28 heavy (non-hydrogen) atoms. The largest absolute Gasteiger partial charge is 0.457 e. The van der Waals surface area contributed by atoms with Gasteiger partial charge in [-0.15, -0.1) is 0 Å². The normalized spacial score (nSPS) is 15.1. The number of benzene rings is 2. The SMILES string of the molecule is c1cc(-c2ccc(Oc3ccc4[nH]c(CC5CCOCC5)nc4c3)cc2)[nH]n1. The molecule has 1 aliphatic rings. The van der Waals surface area contributed by atoms with Crippen LogP contribution in [0.15, 0.2) is 54.7 Å². The molecule has 2 N–H and O–H groups in total. The molecule has 0 atom stereocenters. The Hall–Kier alpha value is -3.12. The molecule has 0 bridgehead atoms. The summed E-state index contributed by atoms with van der Waals surface area (Å²) in [4.78, 5) is 8.21. The van der Waals surface area contributed by atoms with Crippen molar-refractivity contribution in [3.63, 3.8) is 0 Å². The second-order valence-corrected chi connectivity index (χ2v) is 7.22. The molecule has 3 heterocycles. The number of hydrogen-bond acceptors (Lipinski definition) is 4. The minimum Gasteiger partial charge on any atom is -0.457 e. The van der Waals surface area contributed by atoms with Crippen molar-refractivity contribution in [2.75, 3.05) is 13.2 Å². The zero-order valence-electron chi connectivity index (χ0n) is 15.5. The summed E-state index contributed by atoms with van der Waals surface area (Å²) in [6.45, 7) is 1.73. The molecule has 1 fully saturated rings. The first kappa shape index (κ1) is 17.0. The molecule has 5 rings (SSSR count). The van der Waals surface area contributed by atoms with Gasteiger partial charge in [0.1, 0.15) is 17.3 Å². The molecular formula is C22H22N4O2. The zero-order chi connectivity index (χ0) is 18.8. The number of imidazole rings is 1. The Balaban J connectivity index is 1.30. The lowest BCUT2D eigenvalue weighted by molar-refractivity contribution is 0.0660. The predicted molar refractivity (Wildman–Crippen MR) is 107 cm³/mol. The highest BCUT2D eigenvalue weighted by atomic mass is 16.5. The Kier molecular flexibility index (Phi) is 4.54. The van der Waals surface area contributed by atoms with Gasteiger partial charge >= 0.3 is 0 Å². The molecule has 0 amide bonds. The monoisotopic (exact) mass is 374 g/mol. The maximum Gasteiger partial charge on any atom is 0.129 e. The van der Waals surface area contributed by atoms with Crippen molar-refractivity contribution in [3.8, 4) is 22.8 Å². The Labute approximate surface area is 162 Å². The zero-order valence-corrected chi connectivity index (χ0v) is 15.5. The van der Waals surface area contributed by atoms with Crippen molar-refractivity contribution in [2.24, 2.45) is 5.92 Å². The third-order valence-corrected chi connectivity index (χ3v) is 5.23. The van der Waals surface area contributed by atoms with E-state index >= 15 is 0 Å². The molecule has 4 aromatic rings. The smallest absolute Gasteiger partial charge is 0.129 e. The van der Waals surface area contributed by atoms with Gasteiger partial charge in [0.05, 0.1) is 16.7 Å². The van der Waals surface area contributed by atoms with E-state index in [1.807, 2.05) is 48.5 Å². The van der Waals surface area contributed by atoms with E-state index in [1.54, 1.807) is 6.20 Å². The molecule has 0 saturated carbocycles. The van der Waals surface area contributed by atoms with Crippen molar-refractivity contribution in [3.05, 3.63) is 60.6 Å². The minimum absolute atomic E-state index is 0.651. The van der Waals surface area contributed by atoms with E-state index < -0.39 is 0 Å². The van der Waals surface area contributed by atoms with Gasteiger partial charge < -0.3 is 14.5 Å². The lowest BCUT2D eigenvalue weighted by Crippen LogP contribution is -2.17. The highest BCUT2D eigenvalue weighted by molar-refractivity contribution is 5.77. The first-order chi connectivity index (χ1) is 13.8. The molecule has 2 aromatic heterocycles. The Morgan fingerprint density at radius 3 is 2.61 bits per heavy atom. The summed E-state index contributed by atoms with van der Waals surface area (Å²) in [5, 5.41) is 6.95. The first-order valence-electron chi connectivity index (χ1n) is 9.67. The van der Waals surface area contributed by atoms with Gasteiger partial charge in [-0.3, -0.25) is 5.10 Å². The first-order valence-corrected chi connectivity index (χ1v) is 9.67. The van der Waals surface area contributed by atoms with E-state index in [0.29, 0.717) is 5.92 Å². The van der Waals surface area contributed by atoms with E-state index in [-0.39, 0.29) is 0 Å². The standard InChI is InChI=1S/C22H22N4O2/c1-3-17(4-2-16(1)19-7-10-23-26-19)28-18-5-6-20-21(14-18)25-22(24-20)13-15-8-11-27-12-9-15/h1-7,10,14-15H,8-9,11-13H2,(H,23,26)(H,24,25). The van der Waals surface area contributed by atoms with Crippen LogP contribution in [-0.4, -0.2) is 33.4 Å².